The number of amides is 2. The van der Waals surface area contributed by atoms with Crippen molar-refractivity contribution in [3.63, 3.8) is 0 Å². The molecular formula is C24H28N2O2S. The fourth-order valence-corrected chi connectivity index (χ4v) is 7.94. The Bertz CT molecular complexity index is 927. The first kappa shape index (κ1) is 18.9. The summed E-state index contributed by atoms with van der Waals surface area (Å²) >= 11 is 1.45. The lowest BCUT2D eigenvalue weighted by Crippen LogP contribution is -2.47. The number of carbonyl (C=O) groups excluding carboxylic acids is 2. The number of carbonyl (C=O) groups is 2. The van der Waals surface area contributed by atoms with Gasteiger partial charge in [0.1, 0.15) is 5.00 Å². The Morgan fingerprint density at radius 1 is 1.07 bits per heavy atom. The van der Waals surface area contributed by atoms with Crippen molar-refractivity contribution < 1.29 is 9.59 Å². The zero-order valence-corrected chi connectivity index (χ0v) is 17.7. The molecule has 4 saturated carbocycles. The summed E-state index contributed by atoms with van der Waals surface area (Å²) in [5, 5.41) is 3.68. The van der Waals surface area contributed by atoms with Gasteiger partial charge in [-0.05, 0) is 74.2 Å². The quantitative estimate of drug-likeness (QED) is 0.698. The van der Waals surface area contributed by atoms with Crippen LogP contribution in [0.3, 0.4) is 0 Å². The molecule has 4 aliphatic carbocycles. The molecule has 1 aromatic heterocycles. The van der Waals surface area contributed by atoms with Gasteiger partial charge in [0.15, 0.2) is 0 Å². The molecule has 29 heavy (non-hydrogen) atoms. The van der Waals surface area contributed by atoms with Crippen molar-refractivity contribution in [2.75, 3.05) is 5.32 Å². The van der Waals surface area contributed by atoms with E-state index in [2.05, 4.69) is 5.32 Å². The fraction of sp³-hybridized carbons (Fsp3) is 0.500. The summed E-state index contributed by atoms with van der Waals surface area (Å²) < 4.78 is 0. The zero-order valence-electron chi connectivity index (χ0n) is 16.9. The average molecular weight is 409 g/mol. The maximum Gasteiger partial charge on any atom is 0.252 e. The Morgan fingerprint density at radius 3 is 2.21 bits per heavy atom. The Labute approximate surface area is 175 Å². The summed E-state index contributed by atoms with van der Waals surface area (Å²) in [4.78, 5) is 26.4. The SMILES string of the molecule is Cc1sc(NC(=O)CC23CC4CC(CC(C4)C2)C3)c(C(N)=O)c1-c1ccccc1. The Balaban J connectivity index is 1.39. The Hall–Kier alpha value is -2.14. The molecular weight excluding hydrogens is 380 g/mol. The number of primary amides is 1. The standard InChI is InChI=1S/C24H28N2O2S/c1-14-20(18-5-3-2-4-6-18)21(22(25)28)23(29-14)26-19(27)13-24-10-15-7-16(11-24)9-17(8-15)12-24/h2-6,15-17H,7-13H2,1H3,(H2,25,28)(H,26,27). The number of nitrogens with two attached hydrogens (primary N) is 1. The largest absolute Gasteiger partial charge is 0.365 e. The second kappa shape index (κ2) is 6.98. The maximum atomic E-state index is 13.1. The molecule has 0 radical (unpaired) electrons. The van der Waals surface area contributed by atoms with Gasteiger partial charge in [-0.15, -0.1) is 11.3 Å². The second-order valence-corrected chi connectivity index (χ2v) is 10.8. The van der Waals surface area contributed by atoms with Gasteiger partial charge in [-0.1, -0.05) is 30.3 Å². The van der Waals surface area contributed by atoms with Crippen LogP contribution in [-0.2, 0) is 4.79 Å². The first-order valence-electron chi connectivity index (χ1n) is 10.7. The van der Waals surface area contributed by atoms with Gasteiger partial charge >= 0.3 is 0 Å². The predicted molar refractivity (Wildman–Crippen MR) is 117 cm³/mol. The monoisotopic (exact) mass is 408 g/mol. The first-order chi connectivity index (χ1) is 13.9. The highest BCUT2D eigenvalue weighted by molar-refractivity contribution is 7.17. The van der Waals surface area contributed by atoms with E-state index in [9.17, 15) is 9.59 Å². The van der Waals surface area contributed by atoms with Crippen molar-refractivity contribution in [3.05, 3.63) is 40.8 Å². The van der Waals surface area contributed by atoms with Crippen molar-refractivity contribution in [1.82, 2.24) is 0 Å². The van der Waals surface area contributed by atoms with Crippen molar-refractivity contribution in [2.45, 2.75) is 51.9 Å². The highest BCUT2D eigenvalue weighted by Gasteiger charge is 2.51. The highest BCUT2D eigenvalue weighted by atomic mass is 32.1. The van der Waals surface area contributed by atoms with Gasteiger partial charge in [0, 0.05) is 16.9 Å². The summed E-state index contributed by atoms with van der Waals surface area (Å²) in [6.45, 7) is 1.98. The molecule has 0 aliphatic heterocycles. The molecule has 0 unspecified atom stereocenters. The van der Waals surface area contributed by atoms with Gasteiger partial charge in [-0.25, -0.2) is 0 Å². The molecule has 0 spiro atoms. The molecule has 4 bridgehead atoms. The van der Waals surface area contributed by atoms with E-state index < -0.39 is 5.91 Å². The van der Waals surface area contributed by atoms with E-state index >= 15 is 0 Å². The van der Waals surface area contributed by atoms with Crippen LogP contribution in [0.2, 0.25) is 0 Å². The van der Waals surface area contributed by atoms with E-state index in [1.54, 1.807) is 0 Å². The number of hydrogen-bond donors (Lipinski definition) is 2. The van der Waals surface area contributed by atoms with Gasteiger partial charge in [0.25, 0.3) is 5.91 Å². The molecule has 6 rings (SSSR count). The molecule has 1 aromatic carbocycles. The molecule has 0 saturated heterocycles. The van der Waals surface area contributed by atoms with Gasteiger partial charge in [-0.3, -0.25) is 9.59 Å². The number of aryl methyl sites for hydroxylation is 1. The van der Waals surface area contributed by atoms with E-state index in [0.717, 1.165) is 33.8 Å². The molecule has 5 heteroatoms. The topological polar surface area (TPSA) is 72.2 Å². The number of anilines is 1. The molecule has 152 valence electrons. The van der Waals surface area contributed by atoms with E-state index in [1.165, 1.54) is 49.9 Å². The summed E-state index contributed by atoms with van der Waals surface area (Å²) in [5.41, 5.74) is 8.17. The van der Waals surface area contributed by atoms with Gasteiger partial charge in [-0.2, -0.15) is 0 Å². The summed E-state index contributed by atoms with van der Waals surface area (Å²) in [6, 6.07) is 9.79. The van der Waals surface area contributed by atoms with Crippen LogP contribution in [0.5, 0.6) is 0 Å². The minimum Gasteiger partial charge on any atom is -0.365 e. The maximum absolute atomic E-state index is 13.1. The van der Waals surface area contributed by atoms with Crippen LogP contribution in [0, 0.1) is 30.1 Å². The average Bonchev–Trinajstić information content (AvgIpc) is 2.96. The third kappa shape index (κ3) is 3.39. The van der Waals surface area contributed by atoms with E-state index in [0.29, 0.717) is 17.0 Å². The minimum atomic E-state index is -0.488. The molecule has 0 atom stereocenters. The third-order valence-electron chi connectivity index (χ3n) is 7.35. The normalized spacial score (nSPS) is 29.8. The number of hydrogen-bond acceptors (Lipinski definition) is 3. The van der Waals surface area contributed by atoms with Crippen LogP contribution in [-0.4, -0.2) is 11.8 Å². The molecule has 1 heterocycles. The lowest BCUT2D eigenvalue weighted by atomic mass is 9.49. The fourth-order valence-electron chi connectivity index (χ4n) is 6.84. The summed E-state index contributed by atoms with van der Waals surface area (Å²) in [5.74, 6) is 2.02. The molecule has 4 fully saturated rings. The molecule has 2 amide bonds. The van der Waals surface area contributed by atoms with Crippen LogP contribution in [0.25, 0.3) is 11.1 Å². The number of benzene rings is 1. The zero-order chi connectivity index (χ0) is 20.2. The van der Waals surface area contributed by atoms with Crippen molar-refractivity contribution in [3.8, 4) is 11.1 Å². The smallest absolute Gasteiger partial charge is 0.252 e. The van der Waals surface area contributed by atoms with Crippen LogP contribution >= 0.6 is 11.3 Å². The van der Waals surface area contributed by atoms with E-state index in [1.807, 2.05) is 37.3 Å². The first-order valence-corrected chi connectivity index (χ1v) is 11.5. The van der Waals surface area contributed by atoms with Crippen LogP contribution in [0.4, 0.5) is 5.00 Å². The van der Waals surface area contributed by atoms with Crippen molar-refractivity contribution in [1.29, 1.82) is 0 Å². The molecule has 3 N–H and O–H groups in total. The summed E-state index contributed by atoms with van der Waals surface area (Å²) in [6.07, 6.45) is 8.30. The van der Waals surface area contributed by atoms with Crippen molar-refractivity contribution >= 4 is 28.2 Å². The van der Waals surface area contributed by atoms with Crippen molar-refractivity contribution in [2.24, 2.45) is 28.9 Å². The number of nitrogens with one attached hydrogen (secondary N) is 1. The number of rotatable bonds is 5. The second-order valence-electron chi connectivity index (χ2n) is 9.61. The lowest BCUT2D eigenvalue weighted by molar-refractivity contribution is -0.124. The third-order valence-corrected chi connectivity index (χ3v) is 8.37. The highest BCUT2D eigenvalue weighted by Crippen LogP contribution is 2.61. The number of thiophene rings is 1. The van der Waals surface area contributed by atoms with Crippen LogP contribution in [0.15, 0.2) is 30.3 Å². The summed E-state index contributed by atoms with van der Waals surface area (Å²) in [7, 11) is 0. The van der Waals surface area contributed by atoms with Gasteiger partial charge in [0.05, 0.1) is 5.56 Å². The van der Waals surface area contributed by atoms with Gasteiger partial charge in [0.2, 0.25) is 5.91 Å². The van der Waals surface area contributed by atoms with Crippen LogP contribution in [0.1, 0.15) is 60.2 Å². The van der Waals surface area contributed by atoms with E-state index in [-0.39, 0.29) is 11.3 Å². The predicted octanol–water partition coefficient (Wildman–Crippen LogP) is 5.37. The molecule has 4 aliphatic rings. The van der Waals surface area contributed by atoms with Gasteiger partial charge < -0.3 is 11.1 Å². The van der Waals surface area contributed by atoms with E-state index in [4.69, 9.17) is 5.73 Å². The molecule has 4 nitrogen and oxygen atoms in total. The Kier molecular flexibility index (Phi) is 4.54. The van der Waals surface area contributed by atoms with Crippen LogP contribution < -0.4 is 11.1 Å². The molecule has 2 aromatic rings. The lowest BCUT2D eigenvalue weighted by Gasteiger charge is -2.56. The minimum absolute atomic E-state index is 0.0373. The Morgan fingerprint density at radius 2 is 1.66 bits per heavy atom.